The van der Waals surface area contributed by atoms with Crippen molar-refractivity contribution in [1.29, 1.82) is 0 Å². The molecule has 2 aromatic rings. The van der Waals surface area contributed by atoms with Gasteiger partial charge in [-0.15, -0.1) is 0 Å². The van der Waals surface area contributed by atoms with Crippen molar-refractivity contribution in [1.82, 2.24) is 15.2 Å². The Morgan fingerprint density at radius 1 is 1.12 bits per heavy atom. The van der Waals surface area contributed by atoms with Crippen molar-refractivity contribution in [3.05, 3.63) is 59.8 Å². The predicted octanol–water partition coefficient (Wildman–Crippen LogP) is 1.45. The summed E-state index contributed by atoms with van der Waals surface area (Å²) in [6, 6.07) is 12.3. The average molecular weight is 354 g/mol. The molecule has 3 rings (SSSR count). The molecule has 1 unspecified atom stereocenters. The predicted molar refractivity (Wildman–Crippen MR) is 97.8 cm³/mol. The number of nitrogens with zero attached hydrogens (tertiary/aromatic N) is 2. The first-order valence-corrected chi connectivity index (χ1v) is 8.55. The fourth-order valence-corrected chi connectivity index (χ4v) is 2.79. The maximum absolute atomic E-state index is 12.5. The lowest BCUT2D eigenvalue weighted by atomic mass is 10.1. The number of anilines is 1. The molecule has 0 spiro atoms. The Labute approximate surface area is 152 Å². The molecule has 0 radical (unpaired) electrons. The van der Waals surface area contributed by atoms with Crippen LogP contribution in [0.2, 0.25) is 0 Å². The second-order valence-electron chi connectivity index (χ2n) is 5.94. The average Bonchev–Trinajstić information content (AvgIpc) is 2.72. The van der Waals surface area contributed by atoms with E-state index in [2.05, 4.69) is 15.6 Å². The van der Waals surface area contributed by atoms with Crippen LogP contribution in [0.15, 0.2) is 48.7 Å². The van der Waals surface area contributed by atoms with Gasteiger partial charge in [-0.2, -0.15) is 0 Å². The zero-order chi connectivity index (χ0) is 18.4. The van der Waals surface area contributed by atoms with E-state index in [0.29, 0.717) is 37.7 Å². The normalized spacial score (nSPS) is 15.2. The Bertz CT molecular complexity index is 743. The highest BCUT2D eigenvalue weighted by molar-refractivity contribution is 5.94. The van der Waals surface area contributed by atoms with Gasteiger partial charge in [-0.25, -0.2) is 4.98 Å². The zero-order valence-corrected chi connectivity index (χ0v) is 14.6. The van der Waals surface area contributed by atoms with Gasteiger partial charge in [0, 0.05) is 26.3 Å². The lowest BCUT2D eigenvalue weighted by molar-refractivity contribution is -0.121. The van der Waals surface area contributed by atoms with E-state index >= 15 is 0 Å². The number of morpholine rings is 1. The number of carbonyl (C=O) groups excluding carboxylic acids is 2. The Morgan fingerprint density at radius 3 is 2.46 bits per heavy atom. The van der Waals surface area contributed by atoms with E-state index in [9.17, 15) is 9.59 Å². The van der Waals surface area contributed by atoms with E-state index in [-0.39, 0.29) is 11.8 Å². The fraction of sp³-hybridized carbons (Fsp3) is 0.316. The molecule has 1 saturated heterocycles. The number of nitrogens with one attached hydrogen (secondary N) is 2. The van der Waals surface area contributed by atoms with Crippen LogP contribution in [0.3, 0.4) is 0 Å². The van der Waals surface area contributed by atoms with Crippen molar-refractivity contribution in [2.75, 3.05) is 38.7 Å². The van der Waals surface area contributed by atoms with Gasteiger partial charge in [0.05, 0.1) is 18.8 Å². The van der Waals surface area contributed by atoms with Gasteiger partial charge in [0.1, 0.15) is 11.9 Å². The maximum atomic E-state index is 12.5. The van der Waals surface area contributed by atoms with Crippen LogP contribution >= 0.6 is 0 Å². The summed E-state index contributed by atoms with van der Waals surface area (Å²) >= 11 is 0. The molecule has 2 N–H and O–H groups in total. The number of ether oxygens (including phenoxy) is 1. The number of aromatic nitrogens is 1. The summed E-state index contributed by atoms with van der Waals surface area (Å²) in [4.78, 5) is 30.7. The Morgan fingerprint density at radius 2 is 1.85 bits per heavy atom. The van der Waals surface area contributed by atoms with Crippen LogP contribution in [0, 0.1) is 0 Å². The standard InChI is InChI=1S/C19H22N4O3/c1-20-18(24)17(14-5-3-2-4-6-14)22-16-8-7-15(13-21-16)19(25)23-9-11-26-12-10-23/h2-8,13,17H,9-12H2,1H3,(H,20,24)(H,21,22). The summed E-state index contributed by atoms with van der Waals surface area (Å²) < 4.78 is 5.27. The van der Waals surface area contributed by atoms with Crippen LogP contribution in [0.25, 0.3) is 0 Å². The lowest BCUT2D eigenvalue weighted by Crippen LogP contribution is -2.40. The van der Waals surface area contributed by atoms with Gasteiger partial charge in [0.25, 0.3) is 5.91 Å². The van der Waals surface area contributed by atoms with Crippen molar-refractivity contribution in [2.45, 2.75) is 6.04 Å². The first-order chi connectivity index (χ1) is 12.7. The fourth-order valence-electron chi connectivity index (χ4n) is 2.79. The van der Waals surface area contributed by atoms with Crippen molar-refractivity contribution in [2.24, 2.45) is 0 Å². The van der Waals surface area contributed by atoms with Gasteiger partial charge in [-0.3, -0.25) is 9.59 Å². The highest BCUT2D eigenvalue weighted by Gasteiger charge is 2.21. The second kappa shape index (κ2) is 8.44. The van der Waals surface area contributed by atoms with Gasteiger partial charge in [-0.1, -0.05) is 30.3 Å². The van der Waals surface area contributed by atoms with E-state index in [0.717, 1.165) is 5.56 Å². The minimum atomic E-state index is -0.561. The van der Waals surface area contributed by atoms with Gasteiger partial charge in [-0.05, 0) is 17.7 Å². The molecular formula is C19H22N4O3. The number of amides is 2. The number of likely N-dealkylation sites (N-methyl/N-ethyl adjacent to an activating group) is 1. The minimum absolute atomic E-state index is 0.0572. The quantitative estimate of drug-likeness (QED) is 0.849. The Balaban J connectivity index is 1.72. The molecule has 1 aromatic heterocycles. The van der Waals surface area contributed by atoms with Crippen LogP contribution in [0.5, 0.6) is 0 Å². The van der Waals surface area contributed by atoms with Crippen LogP contribution in [-0.2, 0) is 9.53 Å². The monoisotopic (exact) mass is 354 g/mol. The van der Waals surface area contributed by atoms with Gasteiger partial charge < -0.3 is 20.3 Å². The van der Waals surface area contributed by atoms with E-state index in [1.165, 1.54) is 6.20 Å². The topological polar surface area (TPSA) is 83.6 Å². The molecule has 0 bridgehead atoms. The van der Waals surface area contributed by atoms with Crippen LogP contribution in [0.1, 0.15) is 22.0 Å². The zero-order valence-electron chi connectivity index (χ0n) is 14.6. The molecule has 2 amide bonds. The molecule has 7 nitrogen and oxygen atoms in total. The number of rotatable bonds is 5. The summed E-state index contributed by atoms with van der Waals surface area (Å²) in [6.07, 6.45) is 1.53. The summed E-state index contributed by atoms with van der Waals surface area (Å²) in [6.45, 7) is 2.30. The van der Waals surface area contributed by atoms with E-state index < -0.39 is 6.04 Å². The van der Waals surface area contributed by atoms with Crippen LogP contribution in [-0.4, -0.2) is 55.0 Å². The molecule has 1 fully saturated rings. The van der Waals surface area contributed by atoms with Crippen LogP contribution in [0.4, 0.5) is 5.82 Å². The maximum Gasteiger partial charge on any atom is 0.255 e. The van der Waals surface area contributed by atoms with Crippen molar-refractivity contribution in [3.63, 3.8) is 0 Å². The number of carbonyl (C=O) groups is 2. The SMILES string of the molecule is CNC(=O)C(Nc1ccc(C(=O)N2CCOCC2)cn1)c1ccccc1. The molecule has 1 aromatic carbocycles. The minimum Gasteiger partial charge on any atom is -0.378 e. The van der Waals surface area contributed by atoms with Crippen molar-refractivity contribution in [3.8, 4) is 0 Å². The van der Waals surface area contributed by atoms with Gasteiger partial charge >= 0.3 is 0 Å². The summed E-state index contributed by atoms with van der Waals surface area (Å²) in [5.41, 5.74) is 1.36. The summed E-state index contributed by atoms with van der Waals surface area (Å²) in [5, 5.41) is 5.78. The lowest BCUT2D eigenvalue weighted by Gasteiger charge is -2.26. The van der Waals surface area contributed by atoms with Crippen molar-refractivity contribution >= 4 is 17.6 Å². The Kier molecular flexibility index (Phi) is 5.80. The van der Waals surface area contributed by atoms with E-state index in [1.54, 1.807) is 24.1 Å². The summed E-state index contributed by atoms with van der Waals surface area (Å²) in [5.74, 6) is 0.311. The molecule has 7 heteroatoms. The molecule has 26 heavy (non-hydrogen) atoms. The number of hydrogen-bond acceptors (Lipinski definition) is 5. The molecule has 136 valence electrons. The van der Waals surface area contributed by atoms with E-state index in [4.69, 9.17) is 4.74 Å². The van der Waals surface area contributed by atoms with Gasteiger partial charge in [0.15, 0.2) is 0 Å². The largest absolute Gasteiger partial charge is 0.378 e. The number of benzene rings is 1. The molecule has 0 aliphatic carbocycles. The highest BCUT2D eigenvalue weighted by atomic mass is 16.5. The first kappa shape index (κ1) is 17.9. The first-order valence-electron chi connectivity index (χ1n) is 8.55. The van der Waals surface area contributed by atoms with Gasteiger partial charge in [0.2, 0.25) is 5.91 Å². The van der Waals surface area contributed by atoms with Crippen LogP contribution < -0.4 is 10.6 Å². The third kappa shape index (κ3) is 4.18. The smallest absolute Gasteiger partial charge is 0.255 e. The third-order valence-electron chi connectivity index (χ3n) is 4.24. The second-order valence-corrected chi connectivity index (χ2v) is 5.94. The van der Waals surface area contributed by atoms with Crippen molar-refractivity contribution < 1.29 is 14.3 Å². The molecular weight excluding hydrogens is 332 g/mol. The third-order valence-corrected chi connectivity index (χ3v) is 4.24. The van der Waals surface area contributed by atoms with E-state index in [1.807, 2.05) is 30.3 Å². The molecule has 2 heterocycles. The number of hydrogen-bond donors (Lipinski definition) is 2. The molecule has 1 atom stereocenters. The highest BCUT2D eigenvalue weighted by Crippen LogP contribution is 2.19. The summed E-state index contributed by atoms with van der Waals surface area (Å²) in [7, 11) is 1.59. The number of pyridine rings is 1. The Hall–Kier alpha value is -2.93. The molecule has 1 aliphatic rings. The molecule has 1 aliphatic heterocycles. The molecule has 0 saturated carbocycles.